The van der Waals surface area contributed by atoms with Crippen LogP contribution < -0.4 is 5.32 Å². The highest BCUT2D eigenvalue weighted by atomic mass is 35.5. The Balaban J connectivity index is 0.00000180. The van der Waals surface area contributed by atoms with Gasteiger partial charge in [-0.15, -0.1) is 12.4 Å². The van der Waals surface area contributed by atoms with Gasteiger partial charge < -0.3 is 10.2 Å². The quantitative estimate of drug-likeness (QED) is 0.762. The molecule has 0 bridgehead atoms. The van der Waals surface area contributed by atoms with Crippen molar-refractivity contribution >= 4 is 18.3 Å². The maximum Gasteiger partial charge on any atom is 0.223 e. The van der Waals surface area contributed by atoms with Crippen molar-refractivity contribution in [2.75, 3.05) is 26.2 Å². The third-order valence-corrected chi connectivity index (χ3v) is 4.37. The molecule has 1 saturated carbocycles. The largest absolute Gasteiger partial charge is 0.356 e. The van der Waals surface area contributed by atoms with Gasteiger partial charge in [-0.3, -0.25) is 4.79 Å². The molecule has 2 rings (SSSR count). The Morgan fingerprint density at radius 1 is 1.00 bits per heavy atom. The van der Waals surface area contributed by atoms with E-state index >= 15 is 0 Å². The van der Waals surface area contributed by atoms with Gasteiger partial charge in [-0.1, -0.05) is 19.3 Å². The second-order valence-electron chi connectivity index (χ2n) is 5.88. The van der Waals surface area contributed by atoms with Crippen LogP contribution >= 0.6 is 12.4 Å². The van der Waals surface area contributed by atoms with E-state index in [1.54, 1.807) is 0 Å². The zero-order valence-electron chi connectivity index (χ0n) is 12.0. The SMILES string of the molecule is Cl.O=C(NCCCCN1CCCC1)C1CCCCC1. The van der Waals surface area contributed by atoms with Crippen LogP contribution in [0.2, 0.25) is 0 Å². The molecule has 1 heterocycles. The summed E-state index contributed by atoms with van der Waals surface area (Å²) in [7, 11) is 0. The van der Waals surface area contributed by atoms with Crippen molar-refractivity contribution in [1.82, 2.24) is 10.2 Å². The highest BCUT2D eigenvalue weighted by Crippen LogP contribution is 2.23. The molecule has 0 atom stereocenters. The summed E-state index contributed by atoms with van der Waals surface area (Å²) in [4.78, 5) is 14.4. The number of nitrogens with one attached hydrogen (secondary N) is 1. The average Bonchev–Trinajstić information content (AvgIpc) is 2.92. The Bertz CT molecular complexity index is 249. The molecule has 1 amide bonds. The minimum atomic E-state index is 0. The molecule has 1 aliphatic carbocycles. The predicted molar refractivity (Wildman–Crippen MR) is 81.7 cm³/mol. The number of amides is 1. The minimum absolute atomic E-state index is 0. The minimum Gasteiger partial charge on any atom is -0.356 e. The van der Waals surface area contributed by atoms with Gasteiger partial charge in [0.25, 0.3) is 0 Å². The first-order chi connectivity index (χ1) is 8.86. The molecule has 112 valence electrons. The number of carbonyl (C=O) groups is 1. The van der Waals surface area contributed by atoms with E-state index in [2.05, 4.69) is 10.2 Å². The fraction of sp³-hybridized carbons (Fsp3) is 0.933. The van der Waals surface area contributed by atoms with Gasteiger partial charge >= 0.3 is 0 Å². The van der Waals surface area contributed by atoms with E-state index in [1.807, 2.05) is 0 Å². The Labute approximate surface area is 123 Å². The number of unbranched alkanes of at least 4 members (excludes halogenated alkanes) is 1. The van der Waals surface area contributed by atoms with E-state index in [0.717, 1.165) is 25.8 Å². The summed E-state index contributed by atoms with van der Waals surface area (Å²) < 4.78 is 0. The van der Waals surface area contributed by atoms with Crippen molar-refractivity contribution in [3.8, 4) is 0 Å². The fourth-order valence-electron chi connectivity index (χ4n) is 3.19. The third-order valence-electron chi connectivity index (χ3n) is 4.37. The van der Waals surface area contributed by atoms with Crippen LogP contribution in [0.3, 0.4) is 0 Å². The molecule has 4 heteroatoms. The molecule has 2 aliphatic rings. The average molecular weight is 289 g/mol. The number of halogens is 1. The smallest absolute Gasteiger partial charge is 0.223 e. The lowest BCUT2D eigenvalue weighted by atomic mass is 9.89. The molecule has 0 aromatic carbocycles. The van der Waals surface area contributed by atoms with Crippen LogP contribution in [0.1, 0.15) is 57.8 Å². The highest BCUT2D eigenvalue weighted by molar-refractivity contribution is 5.85. The second-order valence-corrected chi connectivity index (χ2v) is 5.88. The van der Waals surface area contributed by atoms with Gasteiger partial charge in [0.15, 0.2) is 0 Å². The van der Waals surface area contributed by atoms with E-state index in [-0.39, 0.29) is 12.4 Å². The zero-order valence-corrected chi connectivity index (χ0v) is 12.8. The number of hydrogen-bond acceptors (Lipinski definition) is 2. The summed E-state index contributed by atoms with van der Waals surface area (Å²) >= 11 is 0. The number of carbonyl (C=O) groups excluding carboxylic acids is 1. The molecular formula is C15H29ClN2O. The maximum absolute atomic E-state index is 11.9. The first-order valence-corrected chi connectivity index (χ1v) is 7.86. The van der Waals surface area contributed by atoms with Crippen LogP contribution in [0.5, 0.6) is 0 Å². The van der Waals surface area contributed by atoms with Crippen molar-refractivity contribution in [3.63, 3.8) is 0 Å². The van der Waals surface area contributed by atoms with Gasteiger partial charge in [-0.25, -0.2) is 0 Å². The Morgan fingerprint density at radius 2 is 1.68 bits per heavy atom. The van der Waals surface area contributed by atoms with E-state index in [9.17, 15) is 4.79 Å². The molecule has 19 heavy (non-hydrogen) atoms. The number of likely N-dealkylation sites (tertiary alicyclic amines) is 1. The summed E-state index contributed by atoms with van der Waals surface area (Å²) in [5.74, 6) is 0.633. The predicted octanol–water partition coefficient (Wildman–Crippen LogP) is 2.98. The van der Waals surface area contributed by atoms with Gasteiger partial charge in [0.1, 0.15) is 0 Å². The van der Waals surface area contributed by atoms with E-state index in [1.165, 1.54) is 58.2 Å². The summed E-state index contributed by atoms with van der Waals surface area (Å²) in [5, 5.41) is 3.12. The first-order valence-electron chi connectivity index (χ1n) is 7.86. The third kappa shape index (κ3) is 6.13. The Morgan fingerprint density at radius 3 is 2.37 bits per heavy atom. The van der Waals surface area contributed by atoms with Crippen LogP contribution in [0.15, 0.2) is 0 Å². The monoisotopic (exact) mass is 288 g/mol. The van der Waals surface area contributed by atoms with Gasteiger partial charge in [-0.05, 0) is 58.2 Å². The van der Waals surface area contributed by atoms with Crippen LogP contribution in [0, 0.1) is 5.92 Å². The number of hydrogen-bond donors (Lipinski definition) is 1. The summed E-state index contributed by atoms with van der Waals surface area (Å²) in [6.45, 7) is 4.67. The van der Waals surface area contributed by atoms with E-state index in [4.69, 9.17) is 0 Å². The topological polar surface area (TPSA) is 32.3 Å². The molecule has 1 N–H and O–H groups in total. The van der Waals surface area contributed by atoms with Gasteiger partial charge in [0.2, 0.25) is 5.91 Å². The number of rotatable bonds is 6. The molecule has 2 fully saturated rings. The summed E-state index contributed by atoms with van der Waals surface area (Å²) in [6.07, 6.45) is 11.1. The molecule has 0 aromatic heterocycles. The van der Waals surface area contributed by atoms with Crippen molar-refractivity contribution in [2.45, 2.75) is 57.8 Å². The van der Waals surface area contributed by atoms with Crippen LogP contribution in [0.25, 0.3) is 0 Å². The van der Waals surface area contributed by atoms with Crippen LogP contribution in [0.4, 0.5) is 0 Å². The molecule has 3 nitrogen and oxygen atoms in total. The Kier molecular flexibility index (Phi) is 8.47. The van der Waals surface area contributed by atoms with Gasteiger partial charge in [0, 0.05) is 12.5 Å². The molecule has 1 saturated heterocycles. The van der Waals surface area contributed by atoms with Crippen molar-refractivity contribution in [2.24, 2.45) is 5.92 Å². The normalized spacial score (nSPS) is 21.1. The molecule has 0 unspecified atom stereocenters. The molecule has 0 radical (unpaired) electrons. The zero-order chi connectivity index (χ0) is 12.6. The van der Waals surface area contributed by atoms with Crippen LogP contribution in [-0.2, 0) is 4.79 Å². The lowest BCUT2D eigenvalue weighted by molar-refractivity contribution is -0.125. The standard InChI is InChI=1S/C15H28N2O.ClH/c18-15(14-8-2-1-3-9-14)16-10-4-5-11-17-12-6-7-13-17;/h14H,1-13H2,(H,16,18);1H. The van der Waals surface area contributed by atoms with Crippen molar-refractivity contribution < 1.29 is 4.79 Å². The molecule has 0 aromatic rings. The van der Waals surface area contributed by atoms with E-state index in [0.29, 0.717) is 11.8 Å². The number of nitrogens with zero attached hydrogens (tertiary/aromatic N) is 1. The Hall–Kier alpha value is -0.280. The summed E-state index contributed by atoms with van der Waals surface area (Å²) in [5.41, 5.74) is 0. The highest BCUT2D eigenvalue weighted by Gasteiger charge is 2.20. The molecule has 0 spiro atoms. The van der Waals surface area contributed by atoms with Crippen LogP contribution in [-0.4, -0.2) is 37.0 Å². The van der Waals surface area contributed by atoms with Gasteiger partial charge in [0.05, 0.1) is 0 Å². The lowest BCUT2D eigenvalue weighted by Gasteiger charge is -2.20. The molecule has 1 aliphatic heterocycles. The van der Waals surface area contributed by atoms with Gasteiger partial charge in [-0.2, -0.15) is 0 Å². The fourth-order valence-corrected chi connectivity index (χ4v) is 3.19. The lowest BCUT2D eigenvalue weighted by Crippen LogP contribution is -2.33. The maximum atomic E-state index is 11.9. The van der Waals surface area contributed by atoms with Crippen molar-refractivity contribution in [1.29, 1.82) is 0 Å². The first kappa shape index (κ1) is 16.8. The summed E-state index contributed by atoms with van der Waals surface area (Å²) in [6, 6.07) is 0. The second kappa shape index (κ2) is 9.60. The van der Waals surface area contributed by atoms with Crippen molar-refractivity contribution in [3.05, 3.63) is 0 Å². The van der Waals surface area contributed by atoms with E-state index < -0.39 is 0 Å². The molecular weight excluding hydrogens is 260 g/mol.